The third-order valence-electron chi connectivity index (χ3n) is 8.97. The van der Waals surface area contributed by atoms with Crippen LogP contribution in [0, 0.1) is 6.92 Å². The minimum Gasteiger partial charge on any atom is -0.508 e. The standard InChI is InChI=1S/C35H45N3O7/c1-22-17-29(40)28(34-33(43)32(42)31(41)30(21-39)45-34)19-26(22)18-24-9-7-23(8-10-24)11-14-36-35(44)37-27-12-15-38(16-13-27)20-25-5-3-2-4-6-25/h2-10,17,19,27,30-34,39-43H,11-16,18,20-21H2,1H3,(H2,36,37,44). The number of phenolic OH excluding ortho intramolecular Hbond substituents is 1. The smallest absolute Gasteiger partial charge is 0.315 e. The molecule has 2 aliphatic heterocycles. The maximum absolute atomic E-state index is 12.5. The highest BCUT2D eigenvalue weighted by atomic mass is 16.5. The number of amides is 2. The molecule has 2 saturated heterocycles. The summed E-state index contributed by atoms with van der Waals surface area (Å²) in [4.78, 5) is 14.9. The lowest BCUT2D eigenvalue weighted by atomic mass is 9.88. The van der Waals surface area contributed by atoms with Crippen molar-refractivity contribution < 1.29 is 35.1 Å². The zero-order chi connectivity index (χ0) is 31.9. The van der Waals surface area contributed by atoms with Gasteiger partial charge in [0.2, 0.25) is 0 Å². The number of hydrogen-bond acceptors (Lipinski definition) is 8. The molecule has 5 rings (SSSR count). The molecule has 10 heteroatoms. The Bertz CT molecular complexity index is 1390. The number of aryl methyl sites for hydroxylation is 1. The van der Waals surface area contributed by atoms with Gasteiger partial charge < -0.3 is 40.9 Å². The second-order valence-electron chi connectivity index (χ2n) is 12.3. The molecule has 3 aromatic rings. The number of piperidine rings is 1. The Morgan fingerprint density at radius 3 is 2.29 bits per heavy atom. The van der Waals surface area contributed by atoms with Crippen molar-refractivity contribution in [3.05, 3.63) is 100 Å². The van der Waals surface area contributed by atoms with Crippen molar-refractivity contribution >= 4 is 6.03 Å². The molecule has 2 heterocycles. The van der Waals surface area contributed by atoms with Gasteiger partial charge in [0.25, 0.3) is 0 Å². The molecule has 7 N–H and O–H groups in total. The predicted molar refractivity (Wildman–Crippen MR) is 170 cm³/mol. The van der Waals surface area contributed by atoms with Crippen molar-refractivity contribution in [3.8, 4) is 5.75 Å². The first-order valence-electron chi connectivity index (χ1n) is 15.7. The first kappa shape index (κ1) is 32.9. The van der Waals surface area contributed by atoms with Crippen LogP contribution in [0.15, 0.2) is 66.7 Å². The lowest BCUT2D eigenvalue weighted by molar-refractivity contribution is -0.232. The zero-order valence-corrected chi connectivity index (χ0v) is 25.7. The predicted octanol–water partition coefficient (Wildman–Crippen LogP) is 2.31. The number of carbonyl (C=O) groups excluding carboxylic acids is 1. The van der Waals surface area contributed by atoms with Gasteiger partial charge in [-0.15, -0.1) is 0 Å². The molecule has 242 valence electrons. The number of hydrogen-bond donors (Lipinski definition) is 7. The van der Waals surface area contributed by atoms with E-state index in [0.717, 1.165) is 54.7 Å². The van der Waals surface area contributed by atoms with Crippen molar-refractivity contribution in [1.29, 1.82) is 0 Å². The Morgan fingerprint density at radius 2 is 1.60 bits per heavy atom. The normalized spacial score (nSPS) is 24.3. The quantitative estimate of drug-likeness (QED) is 0.183. The Hall–Kier alpha value is -3.51. The van der Waals surface area contributed by atoms with E-state index in [0.29, 0.717) is 19.4 Å². The molecule has 5 unspecified atom stereocenters. The highest BCUT2D eigenvalue weighted by Gasteiger charge is 2.44. The third-order valence-corrected chi connectivity index (χ3v) is 8.97. The number of nitrogens with zero attached hydrogens (tertiary/aromatic N) is 1. The molecule has 0 aromatic heterocycles. The van der Waals surface area contributed by atoms with Gasteiger partial charge in [-0.1, -0.05) is 54.6 Å². The molecule has 2 aliphatic rings. The fourth-order valence-corrected chi connectivity index (χ4v) is 6.21. The summed E-state index contributed by atoms with van der Waals surface area (Å²) < 4.78 is 5.67. The van der Waals surface area contributed by atoms with Crippen LogP contribution in [0.2, 0.25) is 0 Å². The largest absolute Gasteiger partial charge is 0.508 e. The molecule has 0 radical (unpaired) electrons. The molecule has 5 atom stereocenters. The van der Waals surface area contributed by atoms with E-state index in [9.17, 15) is 30.3 Å². The molecule has 0 bridgehead atoms. The number of nitrogens with one attached hydrogen (secondary N) is 2. The summed E-state index contributed by atoms with van der Waals surface area (Å²) in [5.74, 6) is -0.0963. The fourth-order valence-electron chi connectivity index (χ4n) is 6.21. The number of likely N-dealkylation sites (tertiary alicyclic amines) is 1. The van der Waals surface area contributed by atoms with Crippen molar-refractivity contribution in [2.45, 2.75) is 75.7 Å². The van der Waals surface area contributed by atoms with Gasteiger partial charge in [-0.2, -0.15) is 0 Å². The second-order valence-corrected chi connectivity index (χ2v) is 12.3. The summed E-state index contributed by atoms with van der Waals surface area (Å²) in [7, 11) is 0. The topological polar surface area (TPSA) is 155 Å². The van der Waals surface area contributed by atoms with E-state index < -0.39 is 37.1 Å². The highest BCUT2D eigenvalue weighted by Crippen LogP contribution is 2.38. The molecular formula is C35H45N3O7. The molecule has 10 nitrogen and oxygen atoms in total. The number of aliphatic hydroxyl groups is 4. The molecule has 45 heavy (non-hydrogen) atoms. The van der Waals surface area contributed by atoms with E-state index in [2.05, 4.69) is 39.8 Å². The van der Waals surface area contributed by atoms with E-state index in [1.807, 2.05) is 37.3 Å². The van der Waals surface area contributed by atoms with Crippen LogP contribution in [0.5, 0.6) is 5.75 Å². The Kier molecular flexibility index (Phi) is 11.1. The lowest BCUT2D eigenvalue weighted by Crippen LogP contribution is -2.55. The Morgan fingerprint density at radius 1 is 0.911 bits per heavy atom. The number of benzene rings is 3. The number of carbonyl (C=O) groups is 1. The second kappa shape index (κ2) is 15.2. The van der Waals surface area contributed by atoms with Crippen LogP contribution in [0.1, 0.15) is 52.3 Å². The average Bonchev–Trinajstić information content (AvgIpc) is 3.04. The van der Waals surface area contributed by atoms with Gasteiger partial charge in [-0.3, -0.25) is 4.90 Å². The first-order chi connectivity index (χ1) is 21.7. The van der Waals surface area contributed by atoms with Crippen molar-refractivity contribution in [1.82, 2.24) is 15.5 Å². The minimum atomic E-state index is -1.53. The van der Waals surface area contributed by atoms with Gasteiger partial charge in [-0.25, -0.2) is 4.79 Å². The monoisotopic (exact) mass is 619 g/mol. The summed E-state index contributed by atoms with van der Waals surface area (Å²) in [6, 6.07) is 21.9. The number of phenols is 1. The van der Waals surface area contributed by atoms with Gasteiger partial charge in [0.05, 0.1) is 6.61 Å². The fraction of sp³-hybridized carbons (Fsp3) is 0.457. The van der Waals surface area contributed by atoms with Crippen LogP contribution < -0.4 is 10.6 Å². The lowest BCUT2D eigenvalue weighted by Gasteiger charge is -2.40. The molecule has 3 aromatic carbocycles. The number of rotatable bonds is 10. The average molecular weight is 620 g/mol. The van der Waals surface area contributed by atoms with Crippen molar-refractivity contribution in [3.63, 3.8) is 0 Å². The third kappa shape index (κ3) is 8.40. The summed E-state index contributed by atoms with van der Waals surface area (Å²) in [5.41, 5.74) is 5.48. The van der Waals surface area contributed by atoms with Gasteiger partial charge in [0.15, 0.2) is 0 Å². The van der Waals surface area contributed by atoms with Gasteiger partial charge in [-0.05, 0) is 72.6 Å². The van der Waals surface area contributed by atoms with Crippen molar-refractivity contribution in [2.75, 3.05) is 26.2 Å². The van der Waals surface area contributed by atoms with Gasteiger partial charge >= 0.3 is 6.03 Å². The van der Waals surface area contributed by atoms with E-state index in [4.69, 9.17) is 4.74 Å². The summed E-state index contributed by atoms with van der Waals surface area (Å²) in [5, 5.41) is 57.2. The van der Waals surface area contributed by atoms with Crippen LogP contribution in [-0.4, -0.2) is 93.2 Å². The SMILES string of the molecule is Cc1cc(O)c(C2OC(CO)C(O)C(O)C2O)cc1Cc1ccc(CCNC(=O)NC2CCN(Cc3ccccc3)CC2)cc1. The highest BCUT2D eigenvalue weighted by molar-refractivity contribution is 5.74. The van der Waals surface area contributed by atoms with E-state index in [-0.39, 0.29) is 23.4 Å². The maximum Gasteiger partial charge on any atom is 0.315 e. The first-order valence-corrected chi connectivity index (χ1v) is 15.7. The number of aliphatic hydroxyl groups excluding tert-OH is 4. The molecule has 2 amide bonds. The summed E-state index contributed by atoms with van der Waals surface area (Å²) >= 11 is 0. The molecule has 2 fully saturated rings. The molecular weight excluding hydrogens is 574 g/mol. The molecule has 0 aliphatic carbocycles. The zero-order valence-electron chi connectivity index (χ0n) is 25.7. The van der Waals surface area contributed by atoms with Gasteiger partial charge in [0, 0.05) is 37.8 Å². The van der Waals surface area contributed by atoms with Crippen LogP contribution in [0.3, 0.4) is 0 Å². The van der Waals surface area contributed by atoms with Crippen LogP contribution in [0.4, 0.5) is 4.79 Å². The van der Waals surface area contributed by atoms with Crippen molar-refractivity contribution in [2.24, 2.45) is 0 Å². The van der Waals surface area contributed by atoms with Gasteiger partial charge in [0.1, 0.15) is 36.3 Å². The Labute approximate surface area is 264 Å². The molecule has 0 saturated carbocycles. The number of aromatic hydroxyl groups is 1. The Balaban J connectivity index is 1.08. The number of ether oxygens (including phenoxy) is 1. The maximum atomic E-state index is 12.5. The van der Waals surface area contributed by atoms with E-state index in [1.54, 1.807) is 12.1 Å². The summed E-state index contributed by atoms with van der Waals surface area (Å²) in [6.45, 7) is 4.73. The number of urea groups is 1. The molecule has 0 spiro atoms. The minimum absolute atomic E-state index is 0.0963. The van der Waals surface area contributed by atoms with Crippen LogP contribution in [-0.2, 0) is 24.1 Å². The van der Waals surface area contributed by atoms with Crippen LogP contribution in [0.25, 0.3) is 0 Å². The summed E-state index contributed by atoms with van der Waals surface area (Å²) in [6.07, 6.45) is -3.51. The van der Waals surface area contributed by atoms with E-state index in [1.165, 1.54) is 5.56 Å². The van der Waals surface area contributed by atoms with E-state index >= 15 is 0 Å². The van der Waals surface area contributed by atoms with Crippen LogP contribution >= 0.6 is 0 Å².